The number of rotatable bonds is 5. The Morgan fingerprint density at radius 1 is 1.28 bits per heavy atom. The van der Waals surface area contributed by atoms with Gasteiger partial charge in [0.1, 0.15) is 0 Å². The zero-order chi connectivity index (χ0) is 19.8. The van der Waals surface area contributed by atoms with Gasteiger partial charge in [0.15, 0.2) is 5.82 Å². The first-order valence-electron chi connectivity index (χ1n) is 10.6. The molecule has 1 aliphatic carbocycles. The van der Waals surface area contributed by atoms with E-state index in [1.54, 1.807) is 36.0 Å². The summed E-state index contributed by atoms with van der Waals surface area (Å²) in [5, 5.41) is 0. The molecule has 1 saturated carbocycles. The molecule has 2 fully saturated rings. The van der Waals surface area contributed by atoms with Crippen molar-refractivity contribution in [2.45, 2.75) is 63.6 Å². The molecule has 5 rings (SSSR count). The van der Waals surface area contributed by atoms with E-state index in [-0.39, 0.29) is 11.4 Å². The van der Waals surface area contributed by atoms with Crippen LogP contribution < -0.4 is 4.90 Å². The van der Waals surface area contributed by atoms with E-state index >= 15 is 0 Å². The largest absolute Gasteiger partial charge is 0.295 e. The molecule has 7 heteroatoms. The summed E-state index contributed by atoms with van der Waals surface area (Å²) in [7, 11) is 0. The second-order valence-electron chi connectivity index (χ2n) is 8.67. The fourth-order valence-corrected chi connectivity index (χ4v) is 5.80. The highest BCUT2D eigenvalue weighted by Crippen LogP contribution is 2.40. The van der Waals surface area contributed by atoms with E-state index in [9.17, 15) is 4.79 Å². The van der Waals surface area contributed by atoms with E-state index in [0.717, 1.165) is 38.3 Å². The van der Waals surface area contributed by atoms with Gasteiger partial charge in [0.25, 0.3) is 5.91 Å². The van der Waals surface area contributed by atoms with Crippen molar-refractivity contribution in [2.24, 2.45) is 5.92 Å². The Morgan fingerprint density at radius 3 is 2.90 bits per heavy atom. The van der Waals surface area contributed by atoms with Crippen LogP contribution in [0.3, 0.4) is 0 Å². The lowest BCUT2D eigenvalue weighted by molar-refractivity contribution is -0.114. The molecule has 0 unspecified atom stereocenters. The lowest BCUT2D eigenvalue weighted by Crippen LogP contribution is -2.56. The molecule has 29 heavy (non-hydrogen) atoms. The second kappa shape index (κ2) is 7.61. The van der Waals surface area contributed by atoms with Gasteiger partial charge in [-0.25, -0.2) is 9.97 Å². The van der Waals surface area contributed by atoms with Gasteiger partial charge >= 0.3 is 0 Å². The van der Waals surface area contributed by atoms with Crippen molar-refractivity contribution in [3.05, 3.63) is 46.8 Å². The van der Waals surface area contributed by atoms with Crippen molar-refractivity contribution < 1.29 is 4.79 Å². The van der Waals surface area contributed by atoms with Gasteiger partial charge < -0.3 is 0 Å². The van der Waals surface area contributed by atoms with Crippen LogP contribution in [0.2, 0.25) is 0 Å². The average Bonchev–Trinajstić information content (AvgIpc) is 3.26. The Balaban J connectivity index is 1.30. The number of hydrogen-bond donors (Lipinski definition) is 0. The molecule has 6 nitrogen and oxygen atoms in total. The van der Waals surface area contributed by atoms with Gasteiger partial charge in [-0.15, -0.1) is 11.3 Å². The molecule has 1 amide bonds. The molecular formula is C22H27N5OS. The molecule has 152 valence electrons. The van der Waals surface area contributed by atoms with Gasteiger partial charge in [-0.3, -0.25) is 19.6 Å². The predicted octanol–water partition coefficient (Wildman–Crippen LogP) is 3.60. The molecule has 1 spiro atoms. The molecule has 2 atom stereocenters. The number of hydrogen-bond acceptors (Lipinski definition) is 6. The van der Waals surface area contributed by atoms with E-state index < -0.39 is 0 Å². The van der Waals surface area contributed by atoms with E-state index in [0.29, 0.717) is 11.9 Å². The van der Waals surface area contributed by atoms with E-state index in [2.05, 4.69) is 32.9 Å². The number of nitrogens with zero attached hydrogens (tertiary/aromatic N) is 5. The molecule has 0 N–H and O–H groups in total. The van der Waals surface area contributed by atoms with Gasteiger partial charge in [0, 0.05) is 42.5 Å². The fraction of sp³-hybridized carbons (Fsp3) is 0.545. The number of thiazole rings is 1. The van der Waals surface area contributed by atoms with Gasteiger partial charge in [-0.05, 0) is 32.1 Å². The van der Waals surface area contributed by atoms with Crippen LogP contribution in [-0.4, -0.2) is 43.9 Å². The monoisotopic (exact) mass is 409 g/mol. The zero-order valence-electron chi connectivity index (χ0n) is 16.8. The van der Waals surface area contributed by atoms with Crippen molar-refractivity contribution in [2.75, 3.05) is 11.4 Å². The molecule has 4 heterocycles. The quantitative estimate of drug-likeness (QED) is 0.755. The normalized spacial score (nSPS) is 27.7. The zero-order valence-corrected chi connectivity index (χ0v) is 17.6. The van der Waals surface area contributed by atoms with Crippen molar-refractivity contribution in [3.63, 3.8) is 0 Å². The Bertz CT molecular complexity index is 909. The van der Waals surface area contributed by atoms with Crippen LogP contribution in [0.25, 0.3) is 0 Å². The summed E-state index contributed by atoms with van der Waals surface area (Å²) in [6.45, 7) is 4.20. The lowest BCUT2D eigenvalue weighted by Gasteiger charge is -2.47. The van der Waals surface area contributed by atoms with Crippen LogP contribution in [0.15, 0.2) is 36.3 Å². The summed E-state index contributed by atoms with van der Waals surface area (Å²) in [6, 6.07) is 0.372. The number of anilines is 1. The third-order valence-electron chi connectivity index (χ3n) is 6.86. The summed E-state index contributed by atoms with van der Waals surface area (Å²) in [5.41, 5.74) is 3.03. The van der Waals surface area contributed by atoms with E-state index in [4.69, 9.17) is 0 Å². The maximum Gasteiger partial charge on any atom is 0.252 e. The Morgan fingerprint density at radius 2 is 2.17 bits per heavy atom. The summed E-state index contributed by atoms with van der Waals surface area (Å²) in [4.78, 5) is 31.7. The molecular weight excluding hydrogens is 382 g/mol. The number of likely N-dealkylation sites (tertiary alicyclic amines) is 1. The maximum atomic E-state index is 12.6. The highest BCUT2D eigenvalue weighted by Gasteiger charge is 2.47. The summed E-state index contributed by atoms with van der Waals surface area (Å²) < 4.78 is 0. The second-order valence-corrected chi connectivity index (χ2v) is 9.61. The topological polar surface area (TPSA) is 62.2 Å². The first-order valence-corrected chi connectivity index (χ1v) is 11.5. The number of carbonyl (C=O) groups is 1. The molecule has 3 aliphatic rings. The van der Waals surface area contributed by atoms with Crippen LogP contribution in [0, 0.1) is 5.92 Å². The van der Waals surface area contributed by atoms with Crippen LogP contribution >= 0.6 is 11.3 Å². The first kappa shape index (κ1) is 18.9. The Kier molecular flexibility index (Phi) is 4.95. The minimum absolute atomic E-state index is 0.0105. The van der Waals surface area contributed by atoms with Crippen molar-refractivity contribution in [1.29, 1.82) is 0 Å². The van der Waals surface area contributed by atoms with Gasteiger partial charge in [-0.2, -0.15) is 0 Å². The minimum atomic E-state index is -0.286. The standard InChI is InChI=1S/C22H27N5OS/c1-16-12-22(6-5-21(28)27(22)20-13-23-8-9-24-20)7-10-26(16)14-19-18(25-15-29-19)11-17-3-2-4-17/h5-6,8-9,13,15-17H,2-4,7,10-12,14H2,1H3/t16-,22+/m0/s1. The number of aromatic nitrogens is 3. The fourth-order valence-electron chi connectivity index (χ4n) is 4.98. The van der Waals surface area contributed by atoms with E-state index in [1.807, 2.05) is 10.4 Å². The predicted molar refractivity (Wildman–Crippen MR) is 114 cm³/mol. The molecule has 0 bridgehead atoms. The summed E-state index contributed by atoms with van der Waals surface area (Å²) in [5.74, 6) is 1.50. The lowest BCUT2D eigenvalue weighted by atomic mass is 9.81. The highest BCUT2D eigenvalue weighted by atomic mass is 32.1. The molecule has 1 saturated heterocycles. The molecule has 0 radical (unpaired) electrons. The van der Waals surface area contributed by atoms with Crippen LogP contribution in [0.4, 0.5) is 5.82 Å². The summed E-state index contributed by atoms with van der Waals surface area (Å²) >= 11 is 1.79. The molecule has 2 aliphatic heterocycles. The van der Waals surface area contributed by atoms with Gasteiger partial charge in [-0.1, -0.05) is 25.3 Å². The van der Waals surface area contributed by atoms with Gasteiger partial charge in [0.05, 0.1) is 22.9 Å². The Hall–Kier alpha value is -2.12. The van der Waals surface area contributed by atoms with Crippen LogP contribution in [-0.2, 0) is 17.8 Å². The molecule has 2 aromatic rings. The van der Waals surface area contributed by atoms with Crippen LogP contribution in [0.5, 0.6) is 0 Å². The smallest absolute Gasteiger partial charge is 0.252 e. The maximum absolute atomic E-state index is 12.6. The summed E-state index contributed by atoms with van der Waals surface area (Å²) in [6.07, 6.45) is 15.8. The van der Waals surface area contributed by atoms with Gasteiger partial charge in [0.2, 0.25) is 0 Å². The van der Waals surface area contributed by atoms with Crippen molar-refractivity contribution in [1.82, 2.24) is 19.9 Å². The number of carbonyl (C=O) groups excluding carboxylic acids is 1. The first-order chi connectivity index (χ1) is 14.1. The Labute approximate surface area is 175 Å². The average molecular weight is 410 g/mol. The van der Waals surface area contributed by atoms with E-state index in [1.165, 1.54) is 29.8 Å². The number of amides is 1. The van der Waals surface area contributed by atoms with Crippen molar-refractivity contribution in [3.8, 4) is 0 Å². The molecule has 2 aromatic heterocycles. The molecule has 0 aromatic carbocycles. The SMILES string of the molecule is C[C@H]1C[C@@]2(C=CC(=O)N2c2cnccn2)CCN1Cc1scnc1CC1CCC1. The van der Waals surface area contributed by atoms with Crippen molar-refractivity contribution >= 4 is 23.1 Å². The van der Waals surface area contributed by atoms with Crippen LogP contribution in [0.1, 0.15) is 49.6 Å². The third-order valence-corrected chi connectivity index (χ3v) is 7.72. The minimum Gasteiger partial charge on any atom is -0.295 e. The third kappa shape index (κ3) is 3.51. The number of piperidine rings is 1. The highest BCUT2D eigenvalue weighted by molar-refractivity contribution is 7.09.